The molecule has 0 radical (unpaired) electrons. The molecule has 6 aliphatic rings. The first-order valence-electron chi connectivity index (χ1n) is 21.1. The summed E-state index contributed by atoms with van der Waals surface area (Å²) in [7, 11) is 0. The molecule has 0 amide bonds. The smallest absolute Gasteiger partial charge is 0.122 e. The van der Waals surface area contributed by atoms with Gasteiger partial charge in [0.25, 0.3) is 0 Å². The maximum Gasteiger partial charge on any atom is 0.122 e. The average molecular weight is 701 g/mol. The Balaban J connectivity index is 1.04. The minimum Gasteiger partial charge on any atom is -0.507 e. The van der Waals surface area contributed by atoms with E-state index in [4.69, 9.17) is 0 Å². The third-order valence-corrected chi connectivity index (χ3v) is 16.2. The second-order valence-corrected chi connectivity index (χ2v) is 21.0. The largest absolute Gasteiger partial charge is 0.507 e. The molecule has 3 aromatic carbocycles. The Labute approximate surface area is 313 Å². The van der Waals surface area contributed by atoms with Crippen molar-refractivity contribution in [3.63, 3.8) is 0 Å². The number of hydrogen-bond donors (Lipinski definition) is 3. The normalized spacial score (nSPS) is 36.2. The van der Waals surface area contributed by atoms with Crippen molar-refractivity contribution in [3.05, 3.63) is 86.5 Å². The van der Waals surface area contributed by atoms with Crippen LogP contribution in [-0.4, -0.2) is 15.3 Å². The summed E-state index contributed by atoms with van der Waals surface area (Å²) in [6.45, 7) is 20.0. The Morgan fingerprint density at radius 2 is 0.731 bits per heavy atom. The molecule has 0 aliphatic heterocycles. The first-order chi connectivity index (χ1) is 24.5. The molecule has 6 saturated carbocycles. The highest BCUT2D eigenvalue weighted by molar-refractivity contribution is 5.53. The number of fused-ring (bicyclic) bond motifs is 10. The van der Waals surface area contributed by atoms with Crippen molar-refractivity contribution in [3.8, 4) is 17.2 Å². The molecular formula is C49H64O3. The number of hydrogen-bond acceptors (Lipinski definition) is 3. The Morgan fingerprint density at radius 3 is 1.12 bits per heavy atom. The summed E-state index contributed by atoms with van der Waals surface area (Å²) in [5.74, 6) is 8.22. The van der Waals surface area contributed by atoms with Crippen LogP contribution >= 0.6 is 0 Å². The fourth-order valence-corrected chi connectivity index (χ4v) is 14.6. The van der Waals surface area contributed by atoms with Crippen LogP contribution in [0.5, 0.6) is 17.2 Å². The molecule has 0 aromatic heterocycles. The predicted molar refractivity (Wildman–Crippen MR) is 212 cm³/mol. The first kappa shape index (κ1) is 34.8. The second kappa shape index (κ2) is 11.8. The quantitative estimate of drug-likeness (QED) is 0.254. The van der Waals surface area contributed by atoms with Crippen LogP contribution in [0, 0.1) is 68.1 Å². The lowest BCUT2D eigenvalue weighted by molar-refractivity contribution is 0.237. The van der Waals surface area contributed by atoms with Crippen LogP contribution in [0.2, 0.25) is 0 Å². The number of aryl methyl sites for hydroxylation is 3. The van der Waals surface area contributed by atoms with Crippen molar-refractivity contribution in [2.24, 2.45) is 47.3 Å². The molecule has 12 unspecified atom stereocenters. The van der Waals surface area contributed by atoms with Gasteiger partial charge in [-0.05, 0) is 187 Å². The number of rotatable bonds is 4. The van der Waals surface area contributed by atoms with Crippen molar-refractivity contribution in [1.29, 1.82) is 0 Å². The number of phenols is 3. The molecule has 0 heterocycles. The Kier molecular flexibility index (Phi) is 7.88. The van der Waals surface area contributed by atoms with E-state index in [1.807, 2.05) is 0 Å². The van der Waals surface area contributed by atoms with Crippen LogP contribution in [0.4, 0.5) is 0 Å². The van der Waals surface area contributed by atoms with E-state index in [2.05, 4.69) is 98.7 Å². The van der Waals surface area contributed by atoms with E-state index < -0.39 is 0 Å². The van der Waals surface area contributed by atoms with E-state index in [1.54, 1.807) is 0 Å². The minimum absolute atomic E-state index is 0.0987. The van der Waals surface area contributed by atoms with Gasteiger partial charge in [-0.1, -0.05) is 94.6 Å². The van der Waals surface area contributed by atoms with Gasteiger partial charge in [-0.2, -0.15) is 0 Å². The summed E-state index contributed by atoms with van der Waals surface area (Å²) in [5, 5.41) is 36.1. The van der Waals surface area contributed by atoms with Gasteiger partial charge in [0.15, 0.2) is 0 Å². The summed E-state index contributed by atoms with van der Waals surface area (Å²) in [6, 6.07) is 13.7. The molecule has 4 bridgehead atoms. The molecule has 6 aliphatic carbocycles. The molecular weight excluding hydrogens is 637 g/mol. The Hall–Kier alpha value is -2.94. The first-order valence-corrected chi connectivity index (χ1v) is 21.1. The topological polar surface area (TPSA) is 60.7 Å². The fraction of sp³-hybridized carbons (Fsp3) is 0.633. The number of phenolic OH excluding ortho intramolecular Hbond substituents is 3. The summed E-state index contributed by atoms with van der Waals surface area (Å²) in [6.07, 6.45) is 9.85. The summed E-state index contributed by atoms with van der Waals surface area (Å²) >= 11 is 0. The molecule has 278 valence electrons. The summed E-state index contributed by atoms with van der Waals surface area (Å²) in [5.41, 5.74) is 10.7. The summed E-state index contributed by atoms with van der Waals surface area (Å²) in [4.78, 5) is 0. The SMILES string of the molecule is Cc1cc(C2CCC3C4CCC(C4c4cc(C)cc(C(C)(C)C)c4O)C23)c(O)c(C2CCC3C4CCC(C4c4cc(C)cc(C(C)(C)C)c4O)C23)c1. The van der Waals surface area contributed by atoms with Crippen LogP contribution in [-0.2, 0) is 10.8 Å². The number of aromatic hydroxyl groups is 3. The van der Waals surface area contributed by atoms with Gasteiger partial charge < -0.3 is 15.3 Å². The lowest BCUT2D eigenvalue weighted by Crippen LogP contribution is -2.23. The Bertz CT molecular complexity index is 1790. The van der Waals surface area contributed by atoms with Gasteiger partial charge >= 0.3 is 0 Å². The molecule has 6 fully saturated rings. The van der Waals surface area contributed by atoms with Crippen LogP contribution in [0.3, 0.4) is 0 Å². The van der Waals surface area contributed by atoms with Crippen molar-refractivity contribution < 1.29 is 15.3 Å². The lowest BCUT2D eigenvalue weighted by Gasteiger charge is -2.33. The Morgan fingerprint density at radius 1 is 0.404 bits per heavy atom. The van der Waals surface area contributed by atoms with Gasteiger partial charge in [0.1, 0.15) is 17.2 Å². The van der Waals surface area contributed by atoms with Gasteiger partial charge in [-0.25, -0.2) is 0 Å². The van der Waals surface area contributed by atoms with Gasteiger partial charge in [0.2, 0.25) is 0 Å². The third kappa shape index (κ3) is 5.02. The van der Waals surface area contributed by atoms with Crippen LogP contribution < -0.4 is 0 Å². The zero-order valence-electron chi connectivity index (χ0n) is 33.4. The average Bonchev–Trinajstić information content (AvgIpc) is 3.90. The molecule has 9 rings (SSSR count). The standard InChI is InChI=1S/C49H64O3/c1-24-18-35(31-12-10-27-29-14-16-33(41(27)31)43(29)37-20-25(2)22-39(46(37)51)48(4,5)6)45(50)36(19-24)32-13-11-28-30-15-17-34(42(28)32)44(30)38-21-26(3)23-40(47(38)52)49(7,8)9/h18-23,27-34,41-44,50-52H,10-17H2,1-9H3. The highest BCUT2D eigenvalue weighted by Gasteiger charge is 2.62. The van der Waals surface area contributed by atoms with Crippen LogP contribution in [0.1, 0.15) is 167 Å². The molecule has 3 nitrogen and oxygen atoms in total. The zero-order valence-corrected chi connectivity index (χ0v) is 33.4. The van der Waals surface area contributed by atoms with E-state index in [1.165, 1.54) is 90.3 Å². The lowest BCUT2D eigenvalue weighted by atomic mass is 9.72. The van der Waals surface area contributed by atoms with E-state index in [0.717, 1.165) is 11.1 Å². The zero-order chi connectivity index (χ0) is 36.8. The maximum atomic E-state index is 12.5. The highest BCUT2D eigenvalue weighted by Crippen LogP contribution is 2.72. The van der Waals surface area contributed by atoms with Crippen molar-refractivity contribution >= 4 is 0 Å². The minimum atomic E-state index is -0.0987. The second-order valence-electron chi connectivity index (χ2n) is 21.0. The molecule has 52 heavy (non-hydrogen) atoms. The molecule has 0 spiro atoms. The third-order valence-electron chi connectivity index (χ3n) is 16.2. The predicted octanol–water partition coefficient (Wildman–Crippen LogP) is 12.2. The number of benzene rings is 3. The van der Waals surface area contributed by atoms with E-state index in [-0.39, 0.29) is 10.8 Å². The monoisotopic (exact) mass is 700 g/mol. The van der Waals surface area contributed by atoms with Crippen molar-refractivity contribution in [1.82, 2.24) is 0 Å². The van der Waals surface area contributed by atoms with Gasteiger partial charge in [0, 0.05) is 0 Å². The van der Waals surface area contributed by atoms with Crippen LogP contribution in [0.15, 0.2) is 36.4 Å². The molecule has 12 atom stereocenters. The van der Waals surface area contributed by atoms with E-state index in [0.29, 0.717) is 88.3 Å². The van der Waals surface area contributed by atoms with E-state index >= 15 is 0 Å². The van der Waals surface area contributed by atoms with E-state index in [9.17, 15) is 15.3 Å². The van der Waals surface area contributed by atoms with Gasteiger partial charge in [-0.15, -0.1) is 0 Å². The molecule has 3 aromatic rings. The van der Waals surface area contributed by atoms with Gasteiger partial charge in [0.05, 0.1) is 0 Å². The molecule has 3 heteroatoms. The molecule has 0 saturated heterocycles. The summed E-state index contributed by atoms with van der Waals surface area (Å²) < 4.78 is 0. The maximum absolute atomic E-state index is 12.5. The van der Waals surface area contributed by atoms with Gasteiger partial charge in [-0.3, -0.25) is 0 Å². The van der Waals surface area contributed by atoms with Crippen molar-refractivity contribution in [2.75, 3.05) is 0 Å². The highest BCUT2D eigenvalue weighted by atomic mass is 16.3. The fourth-order valence-electron chi connectivity index (χ4n) is 14.6. The van der Waals surface area contributed by atoms with Crippen LogP contribution in [0.25, 0.3) is 0 Å². The molecule has 3 N–H and O–H groups in total. The van der Waals surface area contributed by atoms with Crippen molar-refractivity contribution in [2.45, 2.75) is 148 Å².